The molecule has 4 rings (SSSR count). The molecule has 172 valence electrons. The number of hydrogen-bond acceptors (Lipinski definition) is 4. The highest BCUT2D eigenvalue weighted by molar-refractivity contribution is 6.46. The number of carbonyl (C=O) groups excluding carboxylic acids is 3. The molecule has 0 saturated carbocycles. The van der Waals surface area contributed by atoms with Gasteiger partial charge in [0.1, 0.15) is 5.70 Å². The maximum Gasteiger partial charge on any atom is 0.282 e. The van der Waals surface area contributed by atoms with Gasteiger partial charge in [-0.1, -0.05) is 43.3 Å². The van der Waals surface area contributed by atoms with E-state index >= 15 is 0 Å². The van der Waals surface area contributed by atoms with Gasteiger partial charge in [0.15, 0.2) is 0 Å². The summed E-state index contributed by atoms with van der Waals surface area (Å²) in [5.74, 6) is -0.983. The highest BCUT2D eigenvalue weighted by Crippen LogP contribution is 2.35. The van der Waals surface area contributed by atoms with Crippen molar-refractivity contribution in [2.24, 2.45) is 0 Å². The Morgan fingerprint density at radius 2 is 1.56 bits per heavy atom. The van der Waals surface area contributed by atoms with E-state index in [0.29, 0.717) is 22.5 Å². The second-order valence-corrected chi connectivity index (χ2v) is 8.42. The number of hydrogen-bond donors (Lipinski definition) is 2. The van der Waals surface area contributed by atoms with Crippen LogP contribution in [0.15, 0.2) is 72.4 Å². The zero-order valence-corrected chi connectivity index (χ0v) is 19.7. The lowest BCUT2D eigenvalue weighted by molar-refractivity contribution is -0.120. The van der Waals surface area contributed by atoms with Gasteiger partial charge >= 0.3 is 0 Å². The third-order valence-corrected chi connectivity index (χ3v) is 5.83. The molecule has 0 saturated heterocycles. The Morgan fingerprint density at radius 3 is 2.18 bits per heavy atom. The van der Waals surface area contributed by atoms with E-state index in [0.717, 1.165) is 28.8 Å². The summed E-state index contributed by atoms with van der Waals surface area (Å²) in [5.41, 5.74) is 6.15. The first kappa shape index (κ1) is 23.0. The molecule has 6 nitrogen and oxygen atoms in total. The van der Waals surface area contributed by atoms with Crippen LogP contribution < -0.4 is 15.5 Å². The van der Waals surface area contributed by atoms with Crippen molar-refractivity contribution in [2.45, 2.75) is 34.1 Å². The van der Waals surface area contributed by atoms with Gasteiger partial charge in [0.2, 0.25) is 5.91 Å². The van der Waals surface area contributed by atoms with Gasteiger partial charge in [-0.05, 0) is 72.9 Å². The number of amides is 3. The minimum Gasteiger partial charge on any atom is -0.350 e. The van der Waals surface area contributed by atoms with Crippen LogP contribution in [0.25, 0.3) is 5.57 Å². The molecule has 2 N–H and O–H groups in total. The van der Waals surface area contributed by atoms with E-state index in [1.54, 1.807) is 36.4 Å². The first-order chi connectivity index (χ1) is 16.3. The van der Waals surface area contributed by atoms with Gasteiger partial charge in [-0.3, -0.25) is 14.4 Å². The predicted octanol–water partition coefficient (Wildman–Crippen LogP) is 5.22. The Labute approximate surface area is 199 Å². The second kappa shape index (κ2) is 9.35. The predicted molar refractivity (Wildman–Crippen MR) is 136 cm³/mol. The molecule has 3 aromatic rings. The van der Waals surface area contributed by atoms with Crippen molar-refractivity contribution >= 4 is 40.4 Å². The third kappa shape index (κ3) is 4.48. The van der Waals surface area contributed by atoms with Crippen LogP contribution in [0.3, 0.4) is 0 Å². The van der Waals surface area contributed by atoms with Crippen molar-refractivity contribution < 1.29 is 14.4 Å². The summed E-state index contributed by atoms with van der Waals surface area (Å²) in [4.78, 5) is 39.8. The average Bonchev–Trinajstić information content (AvgIpc) is 3.06. The number of anilines is 3. The van der Waals surface area contributed by atoms with Crippen LogP contribution in [-0.2, 0) is 20.8 Å². The summed E-state index contributed by atoms with van der Waals surface area (Å²) in [6, 6.07) is 20.3. The first-order valence-electron chi connectivity index (χ1n) is 11.2. The SMILES string of the molecule is CCc1ccc(N2C(=O)C(Nc3cc(C)ccc3C)=C(c3ccc(NC(C)=O)cc3)C2=O)cc1. The Hall–Kier alpha value is -4.19. The molecule has 1 heterocycles. The van der Waals surface area contributed by atoms with E-state index in [1.165, 1.54) is 11.8 Å². The van der Waals surface area contributed by atoms with Crippen molar-refractivity contribution in [3.8, 4) is 0 Å². The maximum atomic E-state index is 13.6. The van der Waals surface area contributed by atoms with Crippen LogP contribution >= 0.6 is 0 Å². The average molecular weight is 454 g/mol. The number of benzene rings is 3. The number of imide groups is 1. The van der Waals surface area contributed by atoms with Gasteiger partial charge in [-0.25, -0.2) is 4.90 Å². The molecule has 0 fully saturated rings. The lowest BCUT2D eigenvalue weighted by Gasteiger charge is -2.16. The molecule has 0 aromatic heterocycles. The molecule has 0 aliphatic carbocycles. The number of carbonyl (C=O) groups is 3. The zero-order chi connectivity index (χ0) is 24.4. The minimum atomic E-state index is -0.406. The van der Waals surface area contributed by atoms with Crippen LogP contribution in [0.2, 0.25) is 0 Å². The van der Waals surface area contributed by atoms with Crippen molar-refractivity contribution in [3.05, 3.63) is 94.7 Å². The third-order valence-electron chi connectivity index (χ3n) is 5.83. The second-order valence-electron chi connectivity index (χ2n) is 8.42. The molecule has 0 unspecified atom stereocenters. The first-order valence-corrected chi connectivity index (χ1v) is 11.2. The molecular weight excluding hydrogens is 426 g/mol. The molecule has 0 atom stereocenters. The fraction of sp³-hybridized carbons (Fsp3) is 0.179. The summed E-state index contributed by atoms with van der Waals surface area (Å²) in [6.45, 7) is 7.41. The molecule has 3 aromatic carbocycles. The molecule has 6 heteroatoms. The molecule has 1 aliphatic heterocycles. The molecule has 0 bridgehead atoms. The van der Waals surface area contributed by atoms with Crippen LogP contribution in [0.1, 0.15) is 36.1 Å². The van der Waals surface area contributed by atoms with Gasteiger partial charge in [0.05, 0.1) is 11.3 Å². The lowest BCUT2D eigenvalue weighted by atomic mass is 10.0. The molecule has 0 spiro atoms. The van der Waals surface area contributed by atoms with E-state index in [4.69, 9.17) is 0 Å². The standard InChI is InChI=1S/C28H27N3O3/c1-5-20-8-14-23(15-9-20)31-27(33)25(21-10-12-22(13-11-21)29-19(4)32)26(28(31)34)30-24-16-17(2)6-7-18(24)3/h6-16,30H,5H2,1-4H3,(H,29,32). The number of aryl methyl sites for hydroxylation is 3. The fourth-order valence-electron chi connectivity index (χ4n) is 3.96. The largest absolute Gasteiger partial charge is 0.350 e. The Kier molecular flexibility index (Phi) is 6.32. The monoisotopic (exact) mass is 453 g/mol. The normalized spacial score (nSPS) is 13.5. The van der Waals surface area contributed by atoms with E-state index < -0.39 is 11.8 Å². The Bertz CT molecular complexity index is 1310. The Balaban J connectivity index is 1.79. The molecule has 1 aliphatic rings. The summed E-state index contributed by atoms with van der Waals surface area (Å²) in [6.07, 6.45) is 0.867. The lowest BCUT2D eigenvalue weighted by Crippen LogP contribution is -2.32. The van der Waals surface area contributed by atoms with Gasteiger partial charge < -0.3 is 10.6 Å². The summed E-state index contributed by atoms with van der Waals surface area (Å²) < 4.78 is 0. The van der Waals surface area contributed by atoms with Crippen LogP contribution in [-0.4, -0.2) is 17.7 Å². The van der Waals surface area contributed by atoms with Gasteiger partial charge in [-0.15, -0.1) is 0 Å². The van der Waals surface area contributed by atoms with Crippen LogP contribution in [0, 0.1) is 13.8 Å². The molecule has 34 heavy (non-hydrogen) atoms. The van der Waals surface area contributed by atoms with Crippen molar-refractivity contribution in [3.63, 3.8) is 0 Å². The van der Waals surface area contributed by atoms with Crippen molar-refractivity contribution in [1.82, 2.24) is 0 Å². The smallest absolute Gasteiger partial charge is 0.282 e. The topological polar surface area (TPSA) is 78.5 Å². The van der Waals surface area contributed by atoms with Crippen LogP contribution in [0.5, 0.6) is 0 Å². The summed E-state index contributed by atoms with van der Waals surface area (Å²) >= 11 is 0. The number of nitrogens with zero attached hydrogens (tertiary/aromatic N) is 1. The number of rotatable bonds is 6. The highest BCUT2D eigenvalue weighted by Gasteiger charge is 2.40. The van der Waals surface area contributed by atoms with E-state index in [2.05, 4.69) is 17.6 Å². The van der Waals surface area contributed by atoms with E-state index in [-0.39, 0.29) is 11.6 Å². The molecule has 0 radical (unpaired) electrons. The summed E-state index contributed by atoms with van der Waals surface area (Å²) in [7, 11) is 0. The number of nitrogens with one attached hydrogen (secondary N) is 2. The zero-order valence-electron chi connectivity index (χ0n) is 19.7. The molecular formula is C28H27N3O3. The maximum absolute atomic E-state index is 13.6. The quantitative estimate of drug-likeness (QED) is 0.502. The van der Waals surface area contributed by atoms with E-state index in [1.807, 2.05) is 44.2 Å². The van der Waals surface area contributed by atoms with Crippen molar-refractivity contribution in [1.29, 1.82) is 0 Å². The van der Waals surface area contributed by atoms with Crippen LogP contribution in [0.4, 0.5) is 17.1 Å². The van der Waals surface area contributed by atoms with Crippen molar-refractivity contribution in [2.75, 3.05) is 15.5 Å². The van der Waals surface area contributed by atoms with Gasteiger partial charge in [0, 0.05) is 18.3 Å². The van der Waals surface area contributed by atoms with E-state index in [9.17, 15) is 14.4 Å². The summed E-state index contributed by atoms with van der Waals surface area (Å²) in [5, 5.41) is 5.97. The minimum absolute atomic E-state index is 0.182. The highest BCUT2D eigenvalue weighted by atomic mass is 16.2. The molecule has 3 amide bonds. The van der Waals surface area contributed by atoms with Gasteiger partial charge in [-0.2, -0.15) is 0 Å². The van der Waals surface area contributed by atoms with Gasteiger partial charge in [0.25, 0.3) is 11.8 Å². The Morgan fingerprint density at radius 1 is 0.882 bits per heavy atom. The fourth-order valence-corrected chi connectivity index (χ4v) is 3.96.